The van der Waals surface area contributed by atoms with Crippen LogP contribution in [0.1, 0.15) is 61.8 Å². The van der Waals surface area contributed by atoms with Gasteiger partial charge in [0.05, 0.1) is 29.7 Å². The third-order valence-electron chi connectivity index (χ3n) is 6.02. The van der Waals surface area contributed by atoms with Crippen molar-refractivity contribution in [3.8, 4) is 5.75 Å². The Kier molecular flexibility index (Phi) is 6.70. The van der Waals surface area contributed by atoms with Gasteiger partial charge in [-0.25, -0.2) is 9.37 Å². The van der Waals surface area contributed by atoms with Crippen molar-refractivity contribution in [3.05, 3.63) is 58.6 Å². The molecule has 170 valence electrons. The number of imidazole rings is 1. The maximum absolute atomic E-state index is 13.9. The van der Waals surface area contributed by atoms with Gasteiger partial charge < -0.3 is 14.2 Å². The number of aromatic nitrogens is 2. The lowest BCUT2D eigenvalue weighted by Gasteiger charge is -2.26. The Balaban J connectivity index is 1.72. The Morgan fingerprint density at radius 2 is 2.00 bits per heavy atom. The summed E-state index contributed by atoms with van der Waals surface area (Å²) >= 11 is 6.28. The van der Waals surface area contributed by atoms with E-state index in [1.54, 1.807) is 31.4 Å². The zero-order chi connectivity index (χ0) is 22.8. The van der Waals surface area contributed by atoms with Crippen molar-refractivity contribution >= 4 is 28.5 Å². The largest absolute Gasteiger partial charge is 0.495 e. The van der Waals surface area contributed by atoms with Gasteiger partial charge in [0.15, 0.2) is 0 Å². The lowest BCUT2D eigenvalue weighted by molar-refractivity contribution is 0.0715. The number of carbonyl (C=O) groups excluding carboxylic acids is 1. The number of benzene rings is 2. The SMILES string of the molecule is COc1ccc(C(=O)N(Cc2nc3cc(F)ccc3n2C2CCCC2)CC(C)C)cc1Cl. The van der Waals surface area contributed by atoms with E-state index in [0.717, 1.165) is 24.2 Å². The molecule has 0 atom stereocenters. The lowest BCUT2D eigenvalue weighted by Crippen LogP contribution is -2.35. The zero-order valence-corrected chi connectivity index (χ0v) is 19.5. The fourth-order valence-electron chi connectivity index (χ4n) is 4.62. The summed E-state index contributed by atoms with van der Waals surface area (Å²) in [5.41, 5.74) is 2.07. The van der Waals surface area contributed by atoms with Crippen LogP contribution in [0.15, 0.2) is 36.4 Å². The van der Waals surface area contributed by atoms with Gasteiger partial charge in [0, 0.05) is 24.2 Å². The number of carbonyl (C=O) groups is 1. The van der Waals surface area contributed by atoms with E-state index in [4.69, 9.17) is 21.3 Å². The van der Waals surface area contributed by atoms with Crippen molar-refractivity contribution in [3.63, 3.8) is 0 Å². The van der Waals surface area contributed by atoms with Crippen molar-refractivity contribution in [2.75, 3.05) is 13.7 Å². The van der Waals surface area contributed by atoms with Crippen LogP contribution in [0.4, 0.5) is 4.39 Å². The molecule has 2 aromatic carbocycles. The van der Waals surface area contributed by atoms with Crippen molar-refractivity contribution in [2.24, 2.45) is 5.92 Å². The summed E-state index contributed by atoms with van der Waals surface area (Å²) in [5, 5.41) is 0.400. The third-order valence-corrected chi connectivity index (χ3v) is 6.31. The predicted molar refractivity (Wildman–Crippen MR) is 125 cm³/mol. The minimum atomic E-state index is -0.303. The molecule has 0 aliphatic heterocycles. The quantitative estimate of drug-likeness (QED) is 0.421. The van der Waals surface area contributed by atoms with Gasteiger partial charge in [-0.3, -0.25) is 4.79 Å². The molecule has 0 spiro atoms. The molecule has 0 radical (unpaired) electrons. The van der Waals surface area contributed by atoms with Crippen LogP contribution in [0.3, 0.4) is 0 Å². The van der Waals surface area contributed by atoms with E-state index in [1.807, 2.05) is 4.90 Å². The van der Waals surface area contributed by atoms with Gasteiger partial charge in [-0.1, -0.05) is 38.3 Å². The van der Waals surface area contributed by atoms with E-state index in [1.165, 1.54) is 25.0 Å². The molecule has 0 bridgehead atoms. The molecule has 1 aromatic heterocycles. The summed E-state index contributed by atoms with van der Waals surface area (Å²) in [4.78, 5) is 20.0. The summed E-state index contributed by atoms with van der Waals surface area (Å²) in [7, 11) is 1.55. The van der Waals surface area contributed by atoms with Gasteiger partial charge in [-0.05, 0) is 49.1 Å². The number of ether oxygens (including phenoxy) is 1. The van der Waals surface area contributed by atoms with Gasteiger partial charge >= 0.3 is 0 Å². The first kappa shape index (κ1) is 22.6. The van der Waals surface area contributed by atoms with E-state index >= 15 is 0 Å². The molecule has 3 aromatic rings. The molecule has 4 rings (SSSR count). The van der Waals surface area contributed by atoms with Crippen LogP contribution >= 0.6 is 11.6 Å². The van der Waals surface area contributed by atoms with Crippen LogP contribution in [0.5, 0.6) is 5.75 Å². The maximum Gasteiger partial charge on any atom is 0.254 e. The summed E-state index contributed by atoms with van der Waals surface area (Å²) in [6.07, 6.45) is 4.48. The van der Waals surface area contributed by atoms with E-state index in [-0.39, 0.29) is 17.6 Å². The van der Waals surface area contributed by atoms with Crippen LogP contribution in [0, 0.1) is 11.7 Å². The highest BCUT2D eigenvalue weighted by Gasteiger charge is 2.26. The molecule has 0 unspecified atom stereocenters. The Morgan fingerprint density at radius 1 is 1.25 bits per heavy atom. The van der Waals surface area contributed by atoms with Gasteiger partial charge in [0.2, 0.25) is 0 Å². The second kappa shape index (κ2) is 9.49. The molecule has 7 heteroatoms. The van der Waals surface area contributed by atoms with Crippen LogP contribution in [0.2, 0.25) is 5.02 Å². The minimum absolute atomic E-state index is 0.112. The third kappa shape index (κ3) is 4.60. The van der Waals surface area contributed by atoms with Crippen molar-refractivity contribution in [2.45, 2.75) is 52.1 Å². The highest BCUT2D eigenvalue weighted by molar-refractivity contribution is 6.32. The fraction of sp³-hybridized carbons (Fsp3) is 0.440. The molecule has 0 N–H and O–H groups in total. The summed E-state index contributed by atoms with van der Waals surface area (Å²) in [5.74, 6) is 1.19. The fourth-order valence-corrected chi connectivity index (χ4v) is 4.87. The minimum Gasteiger partial charge on any atom is -0.495 e. The normalized spacial score (nSPS) is 14.4. The first-order chi connectivity index (χ1) is 15.4. The average Bonchev–Trinajstić information content (AvgIpc) is 3.39. The Labute approximate surface area is 193 Å². The number of amides is 1. The molecular weight excluding hydrogens is 429 g/mol. The van der Waals surface area contributed by atoms with Gasteiger partial charge in [0.1, 0.15) is 17.4 Å². The zero-order valence-electron chi connectivity index (χ0n) is 18.8. The van der Waals surface area contributed by atoms with E-state index in [0.29, 0.717) is 41.0 Å². The van der Waals surface area contributed by atoms with Crippen LogP contribution < -0.4 is 4.74 Å². The summed E-state index contributed by atoms with van der Waals surface area (Å²) in [6, 6.07) is 10.2. The van der Waals surface area contributed by atoms with Crippen LogP contribution in [-0.4, -0.2) is 34.0 Å². The van der Waals surface area contributed by atoms with Gasteiger partial charge in [-0.15, -0.1) is 0 Å². The molecule has 1 saturated carbocycles. The predicted octanol–water partition coefficient (Wildman–Crippen LogP) is 6.25. The second-order valence-electron chi connectivity index (χ2n) is 8.90. The second-order valence-corrected chi connectivity index (χ2v) is 9.31. The summed E-state index contributed by atoms with van der Waals surface area (Å²) < 4.78 is 21.3. The molecule has 1 aliphatic carbocycles. The van der Waals surface area contributed by atoms with Crippen LogP contribution in [0.25, 0.3) is 11.0 Å². The Morgan fingerprint density at radius 3 is 2.66 bits per heavy atom. The average molecular weight is 458 g/mol. The standard InChI is InChI=1S/C25H29ClFN3O2/c1-16(2)14-29(25(31)17-8-11-23(32-3)20(26)12-17)15-24-28-21-13-18(27)9-10-22(21)30(24)19-6-4-5-7-19/h8-13,16,19H,4-7,14-15H2,1-3H3. The highest BCUT2D eigenvalue weighted by Crippen LogP contribution is 2.34. The lowest BCUT2D eigenvalue weighted by atomic mass is 10.1. The number of hydrogen-bond acceptors (Lipinski definition) is 3. The molecular formula is C25H29ClFN3O2. The number of methoxy groups -OCH3 is 1. The van der Waals surface area contributed by atoms with Crippen molar-refractivity contribution in [1.29, 1.82) is 0 Å². The van der Waals surface area contributed by atoms with Crippen molar-refractivity contribution in [1.82, 2.24) is 14.5 Å². The molecule has 5 nitrogen and oxygen atoms in total. The molecule has 0 saturated heterocycles. The Hall–Kier alpha value is -2.60. The monoisotopic (exact) mass is 457 g/mol. The van der Waals surface area contributed by atoms with Crippen molar-refractivity contribution < 1.29 is 13.9 Å². The molecule has 1 heterocycles. The first-order valence-electron chi connectivity index (χ1n) is 11.2. The van der Waals surface area contributed by atoms with Gasteiger partial charge in [-0.2, -0.15) is 0 Å². The number of hydrogen-bond donors (Lipinski definition) is 0. The number of rotatable bonds is 7. The topological polar surface area (TPSA) is 47.4 Å². The van der Waals surface area contributed by atoms with E-state index in [9.17, 15) is 9.18 Å². The number of halogens is 2. The Bertz CT molecular complexity index is 1120. The molecule has 1 aliphatic rings. The van der Waals surface area contributed by atoms with E-state index < -0.39 is 0 Å². The smallest absolute Gasteiger partial charge is 0.254 e. The first-order valence-corrected chi connectivity index (χ1v) is 11.5. The van der Waals surface area contributed by atoms with Crippen LogP contribution in [-0.2, 0) is 6.54 Å². The van der Waals surface area contributed by atoms with Gasteiger partial charge in [0.25, 0.3) is 5.91 Å². The molecule has 1 fully saturated rings. The highest BCUT2D eigenvalue weighted by atomic mass is 35.5. The van der Waals surface area contributed by atoms with E-state index in [2.05, 4.69) is 18.4 Å². The summed E-state index contributed by atoms with van der Waals surface area (Å²) in [6.45, 7) is 5.09. The maximum atomic E-state index is 13.9. The number of nitrogens with zero attached hydrogens (tertiary/aromatic N) is 3. The molecule has 1 amide bonds. The molecule has 32 heavy (non-hydrogen) atoms. The number of fused-ring (bicyclic) bond motifs is 1.